The smallest absolute Gasteiger partial charge is 0.262 e. The van der Waals surface area contributed by atoms with Gasteiger partial charge in [0.1, 0.15) is 5.75 Å². The van der Waals surface area contributed by atoms with Gasteiger partial charge in [0, 0.05) is 5.69 Å². The van der Waals surface area contributed by atoms with Gasteiger partial charge < -0.3 is 10.1 Å². The zero-order chi connectivity index (χ0) is 16.1. The van der Waals surface area contributed by atoms with Gasteiger partial charge >= 0.3 is 0 Å². The van der Waals surface area contributed by atoms with E-state index in [0.717, 1.165) is 11.3 Å². The van der Waals surface area contributed by atoms with Crippen LogP contribution in [-0.2, 0) is 4.79 Å². The number of anilines is 1. The third kappa shape index (κ3) is 3.95. The molecule has 22 heavy (non-hydrogen) atoms. The number of para-hydroxylation sites is 1. The third-order valence-corrected chi connectivity index (χ3v) is 3.42. The van der Waals surface area contributed by atoms with E-state index < -0.39 is 0 Å². The topological polar surface area (TPSA) is 55.4 Å². The summed E-state index contributed by atoms with van der Waals surface area (Å²) in [7, 11) is 0. The van der Waals surface area contributed by atoms with Crippen LogP contribution in [0.5, 0.6) is 5.75 Å². The first-order valence-corrected chi connectivity index (χ1v) is 7.07. The lowest BCUT2D eigenvalue weighted by atomic mass is 10.1. The first kappa shape index (κ1) is 15.8. The Bertz CT molecular complexity index is 707. The predicted molar refractivity (Wildman–Crippen MR) is 86.5 cm³/mol. The van der Waals surface area contributed by atoms with E-state index in [1.54, 1.807) is 24.3 Å². The maximum absolute atomic E-state index is 11.9. The van der Waals surface area contributed by atoms with Crippen molar-refractivity contribution in [1.82, 2.24) is 0 Å². The molecule has 0 saturated carbocycles. The van der Waals surface area contributed by atoms with E-state index in [4.69, 9.17) is 4.74 Å². The van der Waals surface area contributed by atoms with Crippen LogP contribution in [-0.4, -0.2) is 18.3 Å². The van der Waals surface area contributed by atoms with Crippen LogP contribution in [0.1, 0.15) is 28.4 Å². The van der Waals surface area contributed by atoms with E-state index in [1.165, 1.54) is 12.5 Å². The van der Waals surface area contributed by atoms with E-state index in [0.29, 0.717) is 11.3 Å². The summed E-state index contributed by atoms with van der Waals surface area (Å²) in [5.41, 5.74) is 3.49. The summed E-state index contributed by atoms with van der Waals surface area (Å²) in [6, 6.07) is 12.6. The van der Waals surface area contributed by atoms with Gasteiger partial charge in [0.15, 0.2) is 12.4 Å². The molecule has 2 aromatic rings. The fourth-order valence-corrected chi connectivity index (χ4v) is 2.04. The quantitative estimate of drug-likeness (QED) is 0.859. The molecule has 4 heteroatoms. The molecular formula is C18H19NO3. The van der Waals surface area contributed by atoms with Gasteiger partial charge in [0.2, 0.25) is 0 Å². The molecule has 2 aromatic carbocycles. The number of amides is 1. The molecule has 0 radical (unpaired) electrons. The van der Waals surface area contributed by atoms with Crippen molar-refractivity contribution in [2.24, 2.45) is 0 Å². The lowest BCUT2D eigenvalue weighted by Gasteiger charge is -2.11. The number of hydrogen-bond acceptors (Lipinski definition) is 3. The van der Waals surface area contributed by atoms with Gasteiger partial charge in [-0.05, 0) is 56.2 Å². The van der Waals surface area contributed by atoms with Gasteiger partial charge in [-0.25, -0.2) is 0 Å². The molecule has 0 aromatic heterocycles. The predicted octanol–water partition coefficient (Wildman–Crippen LogP) is 3.52. The number of carbonyl (C=O) groups is 2. The molecule has 1 amide bonds. The van der Waals surface area contributed by atoms with Crippen LogP contribution < -0.4 is 10.1 Å². The van der Waals surface area contributed by atoms with Crippen molar-refractivity contribution in [3.8, 4) is 5.75 Å². The number of ketones is 1. The van der Waals surface area contributed by atoms with Crippen molar-refractivity contribution in [1.29, 1.82) is 0 Å². The summed E-state index contributed by atoms with van der Waals surface area (Å²) in [6.45, 7) is 5.34. The molecule has 0 fully saturated rings. The number of nitrogens with one attached hydrogen (secondary N) is 1. The molecule has 0 atom stereocenters. The van der Waals surface area contributed by atoms with Crippen LogP contribution in [0, 0.1) is 13.8 Å². The Hall–Kier alpha value is -2.62. The molecule has 0 saturated heterocycles. The van der Waals surface area contributed by atoms with Crippen LogP contribution in [0.2, 0.25) is 0 Å². The number of ether oxygens (including phenoxy) is 1. The minimum absolute atomic E-state index is 0.0924. The molecule has 0 aliphatic carbocycles. The molecule has 4 nitrogen and oxygen atoms in total. The van der Waals surface area contributed by atoms with E-state index in [1.807, 2.05) is 32.0 Å². The van der Waals surface area contributed by atoms with Crippen LogP contribution in [0.4, 0.5) is 5.69 Å². The van der Waals surface area contributed by atoms with Crippen molar-refractivity contribution < 1.29 is 14.3 Å². The van der Waals surface area contributed by atoms with Crippen LogP contribution >= 0.6 is 0 Å². The summed E-state index contributed by atoms with van der Waals surface area (Å²) in [4.78, 5) is 23.4. The Morgan fingerprint density at radius 2 is 1.77 bits per heavy atom. The van der Waals surface area contributed by atoms with Gasteiger partial charge in [-0.15, -0.1) is 0 Å². The Labute approximate surface area is 130 Å². The number of carbonyl (C=O) groups excluding carboxylic acids is 2. The monoisotopic (exact) mass is 297 g/mol. The maximum atomic E-state index is 11.9. The minimum atomic E-state index is -0.262. The SMILES string of the molecule is CC(=O)c1ccccc1OCC(=O)Nc1ccc(C)c(C)c1. The highest BCUT2D eigenvalue weighted by molar-refractivity contribution is 5.97. The number of rotatable bonds is 5. The Morgan fingerprint density at radius 1 is 1.05 bits per heavy atom. The summed E-state index contributed by atoms with van der Waals surface area (Å²) in [5, 5.41) is 2.78. The fourth-order valence-electron chi connectivity index (χ4n) is 2.04. The average molecular weight is 297 g/mol. The number of Topliss-reactive ketones (excluding diaryl/α,β-unsaturated/α-hetero) is 1. The first-order chi connectivity index (χ1) is 10.5. The Kier molecular flexibility index (Phi) is 4.94. The van der Waals surface area contributed by atoms with E-state index in [-0.39, 0.29) is 18.3 Å². The van der Waals surface area contributed by atoms with E-state index in [9.17, 15) is 9.59 Å². The molecular weight excluding hydrogens is 278 g/mol. The second kappa shape index (κ2) is 6.89. The molecule has 0 spiro atoms. The molecule has 0 bridgehead atoms. The zero-order valence-corrected chi connectivity index (χ0v) is 13.0. The molecule has 1 N–H and O–H groups in total. The van der Waals surface area contributed by atoms with Gasteiger partial charge in [-0.3, -0.25) is 9.59 Å². The van der Waals surface area contributed by atoms with Crippen molar-refractivity contribution in [3.05, 3.63) is 59.2 Å². The average Bonchev–Trinajstić information content (AvgIpc) is 2.49. The molecule has 0 aliphatic heterocycles. The largest absolute Gasteiger partial charge is 0.483 e. The third-order valence-electron chi connectivity index (χ3n) is 3.42. The van der Waals surface area contributed by atoms with Crippen molar-refractivity contribution >= 4 is 17.4 Å². The lowest BCUT2D eigenvalue weighted by Crippen LogP contribution is -2.20. The maximum Gasteiger partial charge on any atom is 0.262 e. The van der Waals surface area contributed by atoms with Crippen molar-refractivity contribution in [3.63, 3.8) is 0 Å². The van der Waals surface area contributed by atoms with Gasteiger partial charge in [0.25, 0.3) is 5.91 Å². The summed E-state index contributed by atoms with van der Waals surface area (Å²) in [6.07, 6.45) is 0. The molecule has 0 aliphatic rings. The summed E-state index contributed by atoms with van der Waals surface area (Å²) < 4.78 is 5.45. The number of aryl methyl sites for hydroxylation is 2. The summed E-state index contributed by atoms with van der Waals surface area (Å²) in [5.74, 6) is 0.0667. The minimum Gasteiger partial charge on any atom is -0.483 e. The fraction of sp³-hybridized carbons (Fsp3) is 0.222. The van der Waals surface area contributed by atoms with E-state index in [2.05, 4.69) is 5.32 Å². The Balaban J connectivity index is 1.98. The Morgan fingerprint density at radius 3 is 2.45 bits per heavy atom. The number of benzene rings is 2. The summed E-state index contributed by atoms with van der Waals surface area (Å²) >= 11 is 0. The zero-order valence-electron chi connectivity index (χ0n) is 13.0. The molecule has 0 heterocycles. The van der Waals surface area contributed by atoms with Gasteiger partial charge in [0.05, 0.1) is 5.56 Å². The second-order valence-corrected chi connectivity index (χ2v) is 5.19. The normalized spacial score (nSPS) is 10.1. The van der Waals surface area contributed by atoms with Gasteiger partial charge in [-0.1, -0.05) is 18.2 Å². The highest BCUT2D eigenvalue weighted by atomic mass is 16.5. The second-order valence-electron chi connectivity index (χ2n) is 5.19. The molecule has 2 rings (SSSR count). The van der Waals surface area contributed by atoms with Crippen LogP contribution in [0.25, 0.3) is 0 Å². The lowest BCUT2D eigenvalue weighted by molar-refractivity contribution is -0.118. The van der Waals surface area contributed by atoms with Crippen molar-refractivity contribution in [2.45, 2.75) is 20.8 Å². The van der Waals surface area contributed by atoms with Crippen LogP contribution in [0.3, 0.4) is 0 Å². The van der Waals surface area contributed by atoms with Crippen molar-refractivity contribution in [2.75, 3.05) is 11.9 Å². The highest BCUT2D eigenvalue weighted by Crippen LogP contribution is 2.18. The van der Waals surface area contributed by atoms with Gasteiger partial charge in [-0.2, -0.15) is 0 Å². The van der Waals surface area contributed by atoms with Crippen LogP contribution in [0.15, 0.2) is 42.5 Å². The van der Waals surface area contributed by atoms with E-state index >= 15 is 0 Å². The highest BCUT2D eigenvalue weighted by Gasteiger charge is 2.10. The standard InChI is InChI=1S/C18H19NO3/c1-12-8-9-15(10-13(12)2)19-18(21)11-22-17-7-5-4-6-16(17)14(3)20/h4-10H,11H2,1-3H3,(H,19,21). The molecule has 0 unspecified atom stereocenters. The molecule has 114 valence electrons. The first-order valence-electron chi connectivity index (χ1n) is 7.07. The number of hydrogen-bond donors (Lipinski definition) is 1.